The first-order valence-electron chi connectivity index (χ1n) is 6.88. The smallest absolute Gasteiger partial charge is 0.230 e. The Kier molecular flexibility index (Phi) is 7.27. The fourth-order valence-corrected chi connectivity index (χ4v) is 1.62. The predicted octanol–water partition coefficient (Wildman–Crippen LogP) is 3.45. The van der Waals surface area contributed by atoms with Crippen molar-refractivity contribution in [3.05, 3.63) is 77.6 Å². The third-order valence-corrected chi connectivity index (χ3v) is 2.67. The highest BCUT2D eigenvalue weighted by molar-refractivity contribution is 6.07. The molecule has 0 radical (unpaired) electrons. The maximum Gasteiger partial charge on any atom is 0.230 e. The molecular weight excluding hydrogens is 314 g/mol. The van der Waals surface area contributed by atoms with Crippen LogP contribution in [0.25, 0.3) is 0 Å². The molecule has 24 heavy (non-hydrogen) atoms. The van der Waals surface area contributed by atoms with Crippen LogP contribution < -0.4 is 10.1 Å². The third kappa shape index (κ3) is 5.00. The molecule has 2 aromatic rings. The minimum absolute atomic E-state index is 0.268. The van der Waals surface area contributed by atoms with Crippen molar-refractivity contribution in [3.63, 3.8) is 0 Å². The molecule has 0 saturated carbocycles. The van der Waals surface area contributed by atoms with Crippen molar-refractivity contribution >= 4 is 5.78 Å². The number of carbonyl (C=O) groups is 1. The SMILES string of the molecule is C=C(Oc1ccc(C#N)cc1)C(=O)c1cccc(F)c1F.CNC. The lowest BCUT2D eigenvalue weighted by Gasteiger charge is -2.08. The van der Waals surface area contributed by atoms with Crippen LogP contribution in [-0.4, -0.2) is 19.9 Å². The summed E-state index contributed by atoms with van der Waals surface area (Å²) in [6, 6.07) is 11.2. The Labute approximate surface area is 139 Å². The Balaban J connectivity index is 0.000000891. The highest BCUT2D eigenvalue weighted by Gasteiger charge is 2.19. The molecule has 0 aliphatic heterocycles. The van der Waals surface area contributed by atoms with Gasteiger partial charge < -0.3 is 10.1 Å². The number of hydrogen-bond donors (Lipinski definition) is 1. The molecule has 0 spiro atoms. The molecule has 6 heteroatoms. The van der Waals surface area contributed by atoms with Gasteiger partial charge in [-0.25, -0.2) is 8.78 Å². The maximum absolute atomic E-state index is 13.5. The van der Waals surface area contributed by atoms with Crippen LogP contribution in [0.1, 0.15) is 15.9 Å². The van der Waals surface area contributed by atoms with Crippen LogP contribution in [0.15, 0.2) is 54.8 Å². The Morgan fingerprint density at radius 1 is 1.17 bits per heavy atom. The fourth-order valence-electron chi connectivity index (χ4n) is 1.62. The van der Waals surface area contributed by atoms with Crippen LogP contribution in [0.3, 0.4) is 0 Å². The number of ketones is 1. The molecule has 2 rings (SSSR count). The van der Waals surface area contributed by atoms with E-state index < -0.39 is 23.0 Å². The van der Waals surface area contributed by atoms with Crippen molar-refractivity contribution < 1.29 is 18.3 Å². The van der Waals surface area contributed by atoms with Crippen LogP contribution in [0.4, 0.5) is 8.78 Å². The van der Waals surface area contributed by atoms with Crippen molar-refractivity contribution in [3.8, 4) is 11.8 Å². The van der Waals surface area contributed by atoms with E-state index in [4.69, 9.17) is 10.00 Å². The number of ether oxygens (including phenoxy) is 1. The second kappa shape index (κ2) is 9.18. The van der Waals surface area contributed by atoms with Crippen LogP contribution in [0.5, 0.6) is 5.75 Å². The van der Waals surface area contributed by atoms with E-state index in [1.807, 2.05) is 20.2 Å². The number of nitriles is 1. The standard InChI is InChI=1S/C16H9F2NO2.C2H7N/c1-10(21-12-7-5-11(9-19)6-8-12)16(20)13-3-2-4-14(17)15(13)18;1-3-2/h2-8H,1H2;3H,1-2H3. The van der Waals surface area contributed by atoms with Gasteiger partial charge in [0.25, 0.3) is 0 Å². The molecular formula is C18H16F2N2O2. The largest absolute Gasteiger partial charge is 0.454 e. The molecule has 0 aliphatic carbocycles. The summed E-state index contributed by atoms with van der Waals surface area (Å²) in [4.78, 5) is 12.0. The zero-order valence-corrected chi connectivity index (χ0v) is 13.3. The lowest BCUT2D eigenvalue weighted by Crippen LogP contribution is -2.11. The lowest BCUT2D eigenvalue weighted by atomic mass is 10.1. The van der Waals surface area contributed by atoms with E-state index >= 15 is 0 Å². The van der Waals surface area contributed by atoms with E-state index in [1.165, 1.54) is 30.3 Å². The summed E-state index contributed by atoms with van der Waals surface area (Å²) in [6.07, 6.45) is 0. The number of benzene rings is 2. The second-order valence-corrected chi connectivity index (χ2v) is 4.59. The number of Topliss-reactive ketones (excluding diaryl/α,β-unsaturated/α-hetero) is 1. The Morgan fingerprint density at radius 3 is 2.29 bits per heavy atom. The van der Waals surface area contributed by atoms with Crippen LogP contribution in [0.2, 0.25) is 0 Å². The maximum atomic E-state index is 13.5. The van der Waals surface area contributed by atoms with Crippen LogP contribution >= 0.6 is 0 Å². The summed E-state index contributed by atoms with van der Waals surface area (Å²) in [5, 5.41) is 11.4. The third-order valence-electron chi connectivity index (χ3n) is 2.67. The lowest BCUT2D eigenvalue weighted by molar-refractivity contribution is 0.0982. The summed E-state index contributed by atoms with van der Waals surface area (Å²) in [5.41, 5.74) is -0.0240. The Hall–Kier alpha value is -3.04. The van der Waals surface area contributed by atoms with E-state index in [0.29, 0.717) is 5.56 Å². The normalized spacial score (nSPS) is 9.29. The molecule has 4 nitrogen and oxygen atoms in total. The van der Waals surface area contributed by atoms with Gasteiger partial charge in [-0.3, -0.25) is 4.79 Å². The molecule has 0 bridgehead atoms. The summed E-state index contributed by atoms with van der Waals surface area (Å²) in [7, 11) is 3.75. The fraction of sp³-hybridized carbons (Fsp3) is 0.111. The summed E-state index contributed by atoms with van der Waals surface area (Å²) < 4.78 is 31.8. The molecule has 0 unspecified atom stereocenters. The Bertz CT molecular complexity index is 766. The minimum atomic E-state index is -1.24. The van der Waals surface area contributed by atoms with E-state index in [-0.39, 0.29) is 11.5 Å². The second-order valence-electron chi connectivity index (χ2n) is 4.59. The number of halogens is 2. The Morgan fingerprint density at radius 2 is 1.75 bits per heavy atom. The molecule has 0 fully saturated rings. The summed E-state index contributed by atoms with van der Waals surface area (Å²) >= 11 is 0. The molecule has 124 valence electrons. The van der Waals surface area contributed by atoms with Gasteiger partial charge in [-0.2, -0.15) is 5.26 Å². The molecule has 0 heterocycles. The zero-order chi connectivity index (χ0) is 18.1. The highest BCUT2D eigenvalue weighted by Crippen LogP contribution is 2.19. The van der Waals surface area contributed by atoms with Crippen molar-refractivity contribution in [1.29, 1.82) is 5.26 Å². The van der Waals surface area contributed by atoms with Gasteiger partial charge in [0, 0.05) is 0 Å². The van der Waals surface area contributed by atoms with Crippen molar-refractivity contribution in [2.75, 3.05) is 14.1 Å². The molecule has 0 atom stereocenters. The average molecular weight is 330 g/mol. The van der Waals surface area contributed by atoms with Gasteiger partial charge in [0.2, 0.25) is 5.78 Å². The average Bonchev–Trinajstić information content (AvgIpc) is 2.58. The first kappa shape index (κ1) is 19.0. The predicted molar refractivity (Wildman–Crippen MR) is 86.6 cm³/mol. The number of hydrogen-bond acceptors (Lipinski definition) is 4. The van der Waals surface area contributed by atoms with E-state index in [1.54, 1.807) is 0 Å². The molecule has 0 saturated heterocycles. The van der Waals surface area contributed by atoms with Gasteiger partial charge in [-0.05, 0) is 50.5 Å². The summed E-state index contributed by atoms with van der Waals surface area (Å²) in [6.45, 7) is 3.41. The van der Waals surface area contributed by atoms with Gasteiger partial charge in [-0.1, -0.05) is 12.6 Å². The van der Waals surface area contributed by atoms with Crippen molar-refractivity contribution in [2.24, 2.45) is 0 Å². The quantitative estimate of drug-likeness (QED) is 0.530. The summed E-state index contributed by atoms with van der Waals surface area (Å²) in [5.74, 6) is -3.29. The van der Waals surface area contributed by atoms with Crippen molar-refractivity contribution in [1.82, 2.24) is 5.32 Å². The number of nitrogens with zero attached hydrogens (tertiary/aromatic N) is 1. The van der Waals surface area contributed by atoms with Crippen LogP contribution in [0, 0.1) is 23.0 Å². The number of carbonyl (C=O) groups excluding carboxylic acids is 1. The van der Waals surface area contributed by atoms with Gasteiger partial charge in [0.1, 0.15) is 5.75 Å². The molecule has 0 amide bonds. The first-order chi connectivity index (χ1) is 11.4. The monoisotopic (exact) mass is 330 g/mol. The number of rotatable bonds is 4. The van der Waals surface area contributed by atoms with E-state index in [0.717, 1.165) is 12.1 Å². The van der Waals surface area contributed by atoms with Gasteiger partial charge >= 0.3 is 0 Å². The van der Waals surface area contributed by atoms with Gasteiger partial charge in [0.05, 0.1) is 17.2 Å². The van der Waals surface area contributed by atoms with Gasteiger partial charge in [0.15, 0.2) is 17.4 Å². The zero-order valence-electron chi connectivity index (χ0n) is 13.3. The molecule has 0 aromatic heterocycles. The van der Waals surface area contributed by atoms with Crippen LogP contribution in [-0.2, 0) is 0 Å². The molecule has 0 aliphatic rings. The number of allylic oxidation sites excluding steroid dienone is 1. The number of nitrogens with one attached hydrogen (secondary N) is 1. The minimum Gasteiger partial charge on any atom is -0.454 e. The first-order valence-corrected chi connectivity index (χ1v) is 6.88. The van der Waals surface area contributed by atoms with Crippen molar-refractivity contribution in [2.45, 2.75) is 0 Å². The van der Waals surface area contributed by atoms with Gasteiger partial charge in [-0.15, -0.1) is 0 Å². The van der Waals surface area contributed by atoms with E-state index in [2.05, 4.69) is 11.9 Å². The topological polar surface area (TPSA) is 62.1 Å². The molecule has 2 aromatic carbocycles. The van der Waals surface area contributed by atoms with E-state index in [9.17, 15) is 13.6 Å². The highest BCUT2D eigenvalue weighted by atomic mass is 19.2. The molecule has 1 N–H and O–H groups in total.